The van der Waals surface area contributed by atoms with Crippen LogP contribution in [0.1, 0.15) is 12.5 Å². The van der Waals surface area contributed by atoms with E-state index in [1.54, 1.807) is 16.9 Å². The smallest absolute Gasteiger partial charge is 0.127 e. The molecule has 1 aromatic heterocycles. The molecule has 0 aliphatic carbocycles. The van der Waals surface area contributed by atoms with Crippen molar-refractivity contribution >= 4 is 0 Å². The van der Waals surface area contributed by atoms with Crippen molar-refractivity contribution in [1.82, 2.24) is 9.78 Å². The quantitative estimate of drug-likeness (QED) is 0.879. The van der Waals surface area contributed by atoms with Gasteiger partial charge in [-0.25, -0.2) is 4.39 Å². The fourth-order valence-corrected chi connectivity index (χ4v) is 1.78. The fourth-order valence-electron chi connectivity index (χ4n) is 1.78. The van der Waals surface area contributed by atoms with E-state index in [1.807, 2.05) is 25.3 Å². The lowest BCUT2D eigenvalue weighted by molar-refractivity contribution is 0.612. The third kappa shape index (κ3) is 2.53. The number of hydrogen-bond acceptors (Lipinski definition) is 2. The molecule has 90 valence electrons. The Balaban J connectivity index is 2.29. The van der Waals surface area contributed by atoms with E-state index < -0.39 is 0 Å². The van der Waals surface area contributed by atoms with Gasteiger partial charge in [0.15, 0.2) is 0 Å². The van der Waals surface area contributed by atoms with Gasteiger partial charge in [-0.05, 0) is 23.6 Å². The third-order valence-corrected chi connectivity index (χ3v) is 2.76. The fraction of sp³-hybridized carbons (Fsp3) is 0.308. The van der Waals surface area contributed by atoms with E-state index >= 15 is 0 Å². The largest absolute Gasteiger partial charge is 0.329 e. The number of aryl methyl sites for hydroxylation is 1. The number of hydrogen-bond donors (Lipinski definition) is 1. The summed E-state index contributed by atoms with van der Waals surface area (Å²) in [4.78, 5) is 0. The molecule has 0 saturated heterocycles. The molecule has 0 aliphatic rings. The van der Waals surface area contributed by atoms with Crippen molar-refractivity contribution in [2.24, 2.45) is 5.73 Å². The Morgan fingerprint density at radius 3 is 2.82 bits per heavy atom. The molecule has 2 rings (SSSR count). The first-order chi connectivity index (χ1) is 8.24. The third-order valence-electron chi connectivity index (χ3n) is 2.76. The van der Waals surface area contributed by atoms with Crippen molar-refractivity contribution in [1.29, 1.82) is 0 Å². The summed E-state index contributed by atoms with van der Waals surface area (Å²) >= 11 is 0. The van der Waals surface area contributed by atoms with Crippen LogP contribution in [-0.2, 0) is 13.0 Å². The lowest BCUT2D eigenvalue weighted by atomic mass is 10.1. The Morgan fingerprint density at radius 1 is 1.35 bits per heavy atom. The Bertz CT molecular complexity index is 505. The second-order valence-electron chi connectivity index (χ2n) is 3.94. The standard InChI is InChI=1S/C13H16FN3/c1-2-10-3-4-11(7-13(10)14)12-8-16-17(9-12)6-5-15/h3-4,7-9H,2,5-6,15H2,1H3. The highest BCUT2D eigenvalue weighted by molar-refractivity contribution is 5.62. The van der Waals surface area contributed by atoms with E-state index in [4.69, 9.17) is 5.73 Å². The Hall–Kier alpha value is -1.68. The molecule has 4 heteroatoms. The van der Waals surface area contributed by atoms with Gasteiger partial charge in [0, 0.05) is 18.3 Å². The second-order valence-corrected chi connectivity index (χ2v) is 3.94. The average molecular weight is 233 g/mol. The number of nitrogens with zero attached hydrogens (tertiary/aromatic N) is 2. The zero-order valence-electron chi connectivity index (χ0n) is 9.86. The van der Waals surface area contributed by atoms with Crippen LogP contribution in [0.2, 0.25) is 0 Å². The average Bonchev–Trinajstić information content (AvgIpc) is 2.78. The van der Waals surface area contributed by atoms with Crippen LogP contribution < -0.4 is 5.73 Å². The molecule has 2 aromatic rings. The summed E-state index contributed by atoms with van der Waals surface area (Å²) in [5.41, 5.74) is 7.96. The molecule has 0 amide bonds. The summed E-state index contributed by atoms with van der Waals surface area (Å²) in [6.45, 7) is 3.16. The van der Waals surface area contributed by atoms with Crippen molar-refractivity contribution in [2.75, 3.05) is 6.54 Å². The number of benzene rings is 1. The first-order valence-corrected chi connectivity index (χ1v) is 5.76. The first-order valence-electron chi connectivity index (χ1n) is 5.76. The molecule has 17 heavy (non-hydrogen) atoms. The topological polar surface area (TPSA) is 43.8 Å². The maximum atomic E-state index is 13.6. The summed E-state index contributed by atoms with van der Waals surface area (Å²) in [5, 5.41) is 4.17. The van der Waals surface area contributed by atoms with Gasteiger partial charge in [0.2, 0.25) is 0 Å². The molecule has 0 radical (unpaired) electrons. The molecule has 2 N–H and O–H groups in total. The molecular formula is C13H16FN3. The number of aromatic nitrogens is 2. The normalized spacial score (nSPS) is 10.8. The maximum absolute atomic E-state index is 13.6. The van der Waals surface area contributed by atoms with Crippen LogP contribution in [0.25, 0.3) is 11.1 Å². The van der Waals surface area contributed by atoms with Crippen molar-refractivity contribution in [2.45, 2.75) is 19.9 Å². The van der Waals surface area contributed by atoms with Crippen LogP contribution in [0.4, 0.5) is 4.39 Å². The van der Waals surface area contributed by atoms with Crippen LogP contribution in [-0.4, -0.2) is 16.3 Å². The van der Waals surface area contributed by atoms with Crippen LogP contribution in [0.15, 0.2) is 30.6 Å². The van der Waals surface area contributed by atoms with Crippen molar-refractivity contribution in [3.05, 3.63) is 42.0 Å². The van der Waals surface area contributed by atoms with E-state index in [-0.39, 0.29) is 5.82 Å². The number of nitrogens with two attached hydrogens (primary N) is 1. The molecule has 1 heterocycles. The van der Waals surface area contributed by atoms with Gasteiger partial charge >= 0.3 is 0 Å². The number of halogens is 1. The highest BCUT2D eigenvalue weighted by Gasteiger charge is 2.05. The lowest BCUT2D eigenvalue weighted by Gasteiger charge is -2.02. The van der Waals surface area contributed by atoms with Crippen LogP contribution in [0, 0.1) is 5.82 Å². The SMILES string of the molecule is CCc1ccc(-c2cnn(CCN)c2)cc1F. The van der Waals surface area contributed by atoms with Crippen molar-refractivity contribution in [3.63, 3.8) is 0 Å². The molecule has 0 bridgehead atoms. The maximum Gasteiger partial charge on any atom is 0.127 e. The highest BCUT2D eigenvalue weighted by atomic mass is 19.1. The lowest BCUT2D eigenvalue weighted by Crippen LogP contribution is -2.09. The van der Waals surface area contributed by atoms with Gasteiger partial charge in [0.05, 0.1) is 12.7 Å². The zero-order valence-corrected chi connectivity index (χ0v) is 9.86. The van der Waals surface area contributed by atoms with Crippen LogP contribution in [0.5, 0.6) is 0 Å². The van der Waals surface area contributed by atoms with Gasteiger partial charge in [-0.2, -0.15) is 5.10 Å². The Kier molecular flexibility index (Phi) is 3.54. The Morgan fingerprint density at radius 2 is 2.18 bits per heavy atom. The van der Waals surface area contributed by atoms with E-state index in [2.05, 4.69) is 5.10 Å². The second kappa shape index (κ2) is 5.10. The Labute approximate surface area is 100 Å². The molecule has 0 saturated carbocycles. The summed E-state index contributed by atoms with van der Waals surface area (Å²) in [7, 11) is 0. The summed E-state index contributed by atoms with van der Waals surface area (Å²) in [6, 6.07) is 5.30. The highest BCUT2D eigenvalue weighted by Crippen LogP contribution is 2.21. The molecular weight excluding hydrogens is 217 g/mol. The van der Waals surface area contributed by atoms with E-state index in [9.17, 15) is 4.39 Å². The van der Waals surface area contributed by atoms with Crippen LogP contribution in [0.3, 0.4) is 0 Å². The van der Waals surface area contributed by atoms with Crippen molar-refractivity contribution in [3.8, 4) is 11.1 Å². The molecule has 0 atom stereocenters. The van der Waals surface area contributed by atoms with Crippen molar-refractivity contribution < 1.29 is 4.39 Å². The summed E-state index contributed by atoms with van der Waals surface area (Å²) in [6.07, 6.45) is 4.32. The molecule has 1 aromatic carbocycles. The zero-order chi connectivity index (χ0) is 12.3. The molecule has 3 nitrogen and oxygen atoms in total. The molecule has 0 unspecified atom stereocenters. The predicted molar refractivity (Wildman–Crippen MR) is 66.1 cm³/mol. The van der Waals surface area contributed by atoms with Gasteiger partial charge in [-0.1, -0.05) is 19.1 Å². The van der Waals surface area contributed by atoms with Gasteiger partial charge < -0.3 is 5.73 Å². The summed E-state index contributed by atoms with van der Waals surface area (Å²) < 4.78 is 15.4. The minimum atomic E-state index is -0.156. The van der Waals surface area contributed by atoms with Gasteiger partial charge in [-0.15, -0.1) is 0 Å². The van der Waals surface area contributed by atoms with Crippen LogP contribution >= 0.6 is 0 Å². The molecule has 0 fully saturated rings. The molecule has 0 spiro atoms. The van der Waals surface area contributed by atoms with Gasteiger partial charge in [0.25, 0.3) is 0 Å². The monoisotopic (exact) mass is 233 g/mol. The molecule has 0 aliphatic heterocycles. The first kappa shape index (κ1) is 11.8. The number of rotatable bonds is 4. The van der Waals surface area contributed by atoms with Gasteiger partial charge in [0.1, 0.15) is 5.82 Å². The summed E-state index contributed by atoms with van der Waals surface area (Å²) in [5.74, 6) is -0.156. The van der Waals surface area contributed by atoms with E-state index in [0.29, 0.717) is 19.5 Å². The minimum absolute atomic E-state index is 0.156. The van der Waals surface area contributed by atoms with Gasteiger partial charge in [-0.3, -0.25) is 4.68 Å². The van der Waals surface area contributed by atoms with E-state index in [1.165, 1.54) is 0 Å². The van der Waals surface area contributed by atoms with E-state index in [0.717, 1.165) is 16.7 Å². The minimum Gasteiger partial charge on any atom is -0.329 e. The predicted octanol–water partition coefficient (Wildman–Crippen LogP) is 2.21.